The van der Waals surface area contributed by atoms with Crippen molar-refractivity contribution in [3.05, 3.63) is 22.2 Å². The minimum Gasteiger partial charge on any atom is -0.478 e. The zero-order valence-corrected chi connectivity index (χ0v) is 7.13. The van der Waals surface area contributed by atoms with E-state index in [9.17, 15) is 9.59 Å². The molecule has 0 saturated carbocycles. The van der Waals surface area contributed by atoms with Crippen LogP contribution >= 0.6 is 23.2 Å². The Morgan fingerprint density at radius 3 is 1.92 bits per heavy atom. The van der Waals surface area contributed by atoms with Crippen molar-refractivity contribution >= 4 is 35.1 Å². The van der Waals surface area contributed by atoms with Gasteiger partial charge in [-0.2, -0.15) is 0 Å². The van der Waals surface area contributed by atoms with E-state index in [0.717, 1.165) is 6.08 Å². The highest BCUT2D eigenvalue weighted by molar-refractivity contribution is 6.42. The third-order valence-corrected chi connectivity index (χ3v) is 1.22. The first-order chi connectivity index (χ1) is 5.43. The summed E-state index contributed by atoms with van der Waals surface area (Å²) in [5.74, 6) is -2.64. The van der Waals surface area contributed by atoms with E-state index in [4.69, 9.17) is 33.4 Å². The summed E-state index contributed by atoms with van der Waals surface area (Å²) in [5.41, 5.74) is 0. The SMILES string of the molecule is O=C(O)/C=C(Cl)\C=C(\Cl)C(=O)O. The van der Waals surface area contributed by atoms with Crippen LogP contribution < -0.4 is 0 Å². The van der Waals surface area contributed by atoms with Crippen molar-refractivity contribution in [1.82, 2.24) is 0 Å². The molecule has 0 radical (unpaired) electrons. The normalized spacial score (nSPS) is 12.8. The molecular weight excluding hydrogens is 207 g/mol. The van der Waals surface area contributed by atoms with E-state index in [-0.39, 0.29) is 5.03 Å². The van der Waals surface area contributed by atoms with E-state index < -0.39 is 17.0 Å². The zero-order chi connectivity index (χ0) is 9.72. The minimum absolute atomic E-state index is 0.255. The number of carboxylic acid groups (broad SMARTS) is 2. The zero-order valence-electron chi connectivity index (χ0n) is 5.62. The van der Waals surface area contributed by atoms with Crippen LogP contribution in [-0.2, 0) is 9.59 Å². The third kappa shape index (κ3) is 4.76. The lowest BCUT2D eigenvalue weighted by Gasteiger charge is -1.88. The number of hydrogen-bond donors (Lipinski definition) is 2. The number of hydrogen-bond acceptors (Lipinski definition) is 2. The molecule has 0 fully saturated rings. The average Bonchev–Trinajstić information content (AvgIpc) is 1.84. The third-order valence-electron chi connectivity index (χ3n) is 0.730. The minimum atomic E-state index is -1.37. The molecule has 0 aromatic rings. The second-order valence-electron chi connectivity index (χ2n) is 1.66. The number of halogens is 2. The second kappa shape index (κ2) is 4.79. The van der Waals surface area contributed by atoms with Gasteiger partial charge in [-0.25, -0.2) is 9.59 Å². The molecule has 2 N–H and O–H groups in total. The second-order valence-corrected chi connectivity index (χ2v) is 2.51. The summed E-state index contributed by atoms with van der Waals surface area (Å²) in [6.45, 7) is 0. The molecule has 0 aliphatic rings. The van der Waals surface area contributed by atoms with Gasteiger partial charge < -0.3 is 10.2 Å². The molecule has 0 unspecified atom stereocenters. The first-order valence-corrected chi connectivity index (χ1v) is 3.39. The van der Waals surface area contributed by atoms with Crippen molar-refractivity contribution in [3.63, 3.8) is 0 Å². The Morgan fingerprint density at radius 1 is 1.08 bits per heavy atom. The quantitative estimate of drug-likeness (QED) is 0.546. The van der Waals surface area contributed by atoms with Gasteiger partial charge in [0.1, 0.15) is 5.03 Å². The van der Waals surface area contributed by atoms with Crippen LogP contribution in [0.3, 0.4) is 0 Å². The molecule has 0 atom stereocenters. The Morgan fingerprint density at radius 2 is 1.58 bits per heavy atom. The van der Waals surface area contributed by atoms with E-state index in [1.807, 2.05) is 0 Å². The van der Waals surface area contributed by atoms with Crippen molar-refractivity contribution in [2.75, 3.05) is 0 Å². The summed E-state index contributed by atoms with van der Waals surface area (Å²) in [4.78, 5) is 20.1. The first kappa shape index (κ1) is 11.0. The molecule has 0 spiro atoms. The Labute approximate surface area is 77.7 Å². The monoisotopic (exact) mass is 210 g/mol. The number of carboxylic acids is 2. The van der Waals surface area contributed by atoms with Gasteiger partial charge in [0.25, 0.3) is 0 Å². The topological polar surface area (TPSA) is 74.6 Å². The van der Waals surface area contributed by atoms with Crippen LogP contribution in [0.25, 0.3) is 0 Å². The molecule has 0 aliphatic carbocycles. The Bertz CT molecular complexity index is 267. The Hall–Kier alpha value is -1.00. The van der Waals surface area contributed by atoms with Crippen molar-refractivity contribution < 1.29 is 19.8 Å². The molecular formula is C6H4Cl2O4. The summed E-state index contributed by atoms with van der Waals surface area (Å²) in [6, 6.07) is 0. The molecule has 66 valence electrons. The molecule has 6 heteroatoms. The highest BCUT2D eigenvalue weighted by Gasteiger charge is 2.03. The summed E-state index contributed by atoms with van der Waals surface area (Å²) in [6.07, 6.45) is 1.46. The fourth-order valence-electron chi connectivity index (χ4n) is 0.342. The molecule has 0 heterocycles. The van der Waals surface area contributed by atoms with E-state index in [1.54, 1.807) is 0 Å². The van der Waals surface area contributed by atoms with E-state index in [0.29, 0.717) is 6.08 Å². The fourth-order valence-corrected chi connectivity index (χ4v) is 0.718. The van der Waals surface area contributed by atoms with Gasteiger partial charge in [-0.05, 0) is 6.08 Å². The predicted octanol–water partition coefficient (Wildman–Crippen LogP) is 1.40. The molecule has 12 heavy (non-hydrogen) atoms. The van der Waals surface area contributed by atoms with E-state index >= 15 is 0 Å². The van der Waals surface area contributed by atoms with Crippen LogP contribution in [0.1, 0.15) is 0 Å². The number of aliphatic carboxylic acids is 2. The van der Waals surface area contributed by atoms with Gasteiger partial charge in [-0.1, -0.05) is 23.2 Å². The maximum Gasteiger partial charge on any atom is 0.347 e. The summed E-state index contributed by atoms with van der Waals surface area (Å²) < 4.78 is 0. The van der Waals surface area contributed by atoms with Crippen LogP contribution in [0.2, 0.25) is 0 Å². The van der Waals surface area contributed by atoms with Gasteiger partial charge in [0.15, 0.2) is 0 Å². The molecule has 0 aromatic carbocycles. The van der Waals surface area contributed by atoms with Crippen LogP contribution in [0.4, 0.5) is 0 Å². The van der Waals surface area contributed by atoms with E-state index in [2.05, 4.69) is 0 Å². The standard InChI is InChI=1S/C6H4Cl2O4/c7-3(2-5(9)10)1-4(8)6(11)12/h1-2H,(H,9,10)(H,11,12)/b3-2+,4-1+. The van der Waals surface area contributed by atoms with Crippen LogP contribution in [0.15, 0.2) is 22.2 Å². The van der Waals surface area contributed by atoms with Gasteiger partial charge in [0.2, 0.25) is 0 Å². The molecule has 0 saturated heterocycles. The van der Waals surface area contributed by atoms with E-state index in [1.165, 1.54) is 0 Å². The summed E-state index contributed by atoms with van der Waals surface area (Å²) in [7, 11) is 0. The summed E-state index contributed by atoms with van der Waals surface area (Å²) >= 11 is 10.4. The maximum absolute atomic E-state index is 10.1. The smallest absolute Gasteiger partial charge is 0.347 e. The van der Waals surface area contributed by atoms with Gasteiger partial charge in [0, 0.05) is 11.1 Å². The fraction of sp³-hybridized carbons (Fsp3) is 0. The number of carbonyl (C=O) groups is 2. The average molecular weight is 211 g/mol. The summed E-state index contributed by atoms with van der Waals surface area (Å²) in [5, 5.41) is 15.6. The van der Waals surface area contributed by atoms with Crippen LogP contribution in [-0.4, -0.2) is 22.2 Å². The molecule has 0 rings (SSSR count). The van der Waals surface area contributed by atoms with Crippen molar-refractivity contribution in [2.24, 2.45) is 0 Å². The highest BCUT2D eigenvalue weighted by Crippen LogP contribution is 2.10. The molecule has 0 aliphatic heterocycles. The lowest BCUT2D eigenvalue weighted by Crippen LogP contribution is -1.94. The van der Waals surface area contributed by atoms with Crippen molar-refractivity contribution in [3.8, 4) is 0 Å². The largest absolute Gasteiger partial charge is 0.478 e. The maximum atomic E-state index is 10.1. The van der Waals surface area contributed by atoms with Crippen LogP contribution in [0, 0.1) is 0 Å². The lowest BCUT2D eigenvalue weighted by atomic mass is 10.4. The number of allylic oxidation sites excluding steroid dienone is 2. The van der Waals surface area contributed by atoms with Gasteiger partial charge in [-0.3, -0.25) is 0 Å². The van der Waals surface area contributed by atoms with Gasteiger partial charge in [-0.15, -0.1) is 0 Å². The Balaban J connectivity index is 4.54. The van der Waals surface area contributed by atoms with Gasteiger partial charge >= 0.3 is 11.9 Å². The van der Waals surface area contributed by atoms with Gasteiger partial charge in [0.05, 0.1) is 0 Å². The Kier molecular flexibility index (Phi) is 4.39. The lowest BCUT2D eigenvalue weighted by molar-refractivity contribution is -0.132. The highest BCUT2D eigenvalue weighted by atomic mass is 35.5. The van der Waals surface area contributed by atoms with Crippen molar-refractivity contribution in [1.29, 1.82) is 0 Å². The first-order valence-electron chi connectivity index (χ1n) is 2.64. The molecule has 0 amide bonds. The molecule has 0 bridgehead atoms. The van der Waals surface area contributed by atoms with Crippen molar-refractivity contribution in [2.45, 2.75) is 0 Å². The molecule has 4 nitrogen and oxygen atoms in total. The van der Waals surface area contributed by atoms with Crippen LogP contribution in [0.5, 0.6) is 0 Å². The predicted molar refractivity (Wildman–Crippen MR) is 43.1 cm³/mol. The number of rotatable bonds is 3. The molecule has 0 aromatic heterocycles.